The molecule has 0 radical (unpaired) electrons. The summed E-state index contributed by atoms with van der Waals surface area (Å²) in [5.74, 6) is 0.104. The number of carbonyl (C=O) groups is 1. The van der Waals surface area contributed by atoms with E-state index in [0.717, 1.165) is 38.8 Å². The van der Waals surface area contributed by atoms with E-state index < -0.39 is 0 Å². The Morgan fingerprint density at radius 2 is 2.00 bits per heavy atom. The van der Waals surface area contributed by atoms with Gasteiger partial charge in [-0.1, -0.05) is 0 Å². The van der Waals surface area contributed by atoms with Gasteiger partial charge in [0.25, 0.3) is 5.91 Å². The van der Waals surface area contributed by atoms with E-state index in [1.54, 1.807) is 0 Å². The van der Waals surface area contributed by atoms with Crippen LogP contribution < -0.4 is 5.73 Å². The van der Waals surface area contributed by atoms with Crippen molar-refractivity contribution < 1.29 is 4.79 Å². The quantitative estimate of drug-likeness (QED) is 0.831. The second kappa shape index (κ2) is 6.03. The third-order valence-corrected chi connectivity index (χ3v) is 6.71. The highest BCUT2D eigenvalue weighted by molar-refractivity contribution is 9.13. The number of nitrogens with zero attached hydrogens (tertiary/aromatic N) is 1. The van der Waals surface area contributed by atoms with Crippen LogP contribution in [0.1, 0.15) is 35.4 Å². The van der Waals surface area contributed by atoms with Crippen LogP contribution >= 0.6 is 43.2 Å². The normalized spacial score (nSPS) is 24.0. The molecule has 2 N–H and O–H groups in total. The molecule has 100 valence electrons. The molecule has 3 nitrogen and oxygen atoms in total. The summed E-state index contributed by atoms with van der Waals surface area (Å²) in [6.07, 6.45) is 4.05. The SMILES string of the molecule is CN(C(=O)c1cc(Br)c(Br)s1)C1CCC(N)CC1. The van der Waals surface area contributed by atoms with Crippen LogP contribution in [0.2, 0.25) is 0 Å². The molecule has 0 unspecified atom stereocenters. The molecule has 1 aliphatic carbocycles. The number of halogens is 2. The summed E-state index contributed by atoms with van der Waals surface area (Å²) in [7, 11) is 1.89. The Labute approximate surface area is 128 Å². The van der Waals surface area contributed by atoms with E-state index >= 15 is 0 Å². The Morgan fingerprint density at radius 3 is 2.50 bits per heavy atom. The van der Waals surface area contributed by atoms with E-state index in [9.17, 15) is 4.79 Å². The van der Waals surface area contributed by atoms with Gasteiger partial charge >= 0.3 is 0 Å². The topological polar surface area (TPSA) is 46.3 Å². The van der Waals surface area contributed by atoms with Gasteiger partial charge in [0.2, 0.25) is 0 Å². The predicted octanol–water partition coefficient (Wildman–Crippen LogP) is 3.62. The van der Waals surface area contributed by atoms with Crippen molar-refractivity contribution in [3.05, 3.63) is 19.2 Å². The fourth-order valence-corrected chi connectivity index (χ4v) is 4.30. The Hall–Kier alpha value is 0.0900. The fourth-order valence-electron chi connectivity index (χ4n) is 2.28. The standard InChI is InChI=1S/C12H16Br2N2OS/c1-16(8-4-2-7(15)3-5-8)12(17)10-6-9(13)11(14)18-10/h6-8H,2-5,15H2,1H3. The van der Waals surface area contributed by atoms with Crippen molar-refractivity contribution in [3.8, 4) is 0 Å². The van der Waals surface area contributed by atoms with E-state index in [0.29, 0.717) is 12.1 Å². The molecule has 0 spiro atoms. The van der Waals surface area contributed by atoms with E-state index in [-0.39, 0.29) is 5.91 Å². The minimum atomic E-state index is 0.104. The van der Waals surface area contributed by atoms with Crippen LogP contribution in [0.4, 0.5) is 0 Å². The maximum Gasteiger partial charge on any atom is 0.263 e. The molecule has 0 aliphatic heterocycles. The summed E-state index contributed by atoms with van der Waals surface area (Å²) in [5, 5.41) is 0. The summed E-state index contributed by atoms with van der Waals surface area (Å²) in [6.45, 7) is 0. The van der Waals surface area contributed by atoms with Crippen molar-refractivity contribution in [2.45, 2.75) is 37.8 Å². The fraction of sp³-hybridized carbons (Fsp3) is 0.583. The van der Waals surface area contributed by atoms with Crippen molar-refractivity contribution in [1.29, 1.82) is 0 Å². The zero-order valence-electron chi connectivity index (χ0n) is 10.2. The molecule has 0 atom stereocenters. The summed E-state index contributed by atoms with van der Waals surface area (Å²) in [5.41, 5.74) is 5.89. The maximum atomic E-state index is 12.4. The number of nitrogens with two attached hydrogens (primary N) is 1. The second-order valence-corrected chi connectivity index (χ2v) is 7.94. The van der Waals surface area contributed by atoms with Crippen molar-refractivity contribution in [2.24, 2.45) is 5.73 Å². The first-order valence-corrected chi connectivity index (χ1v) is 8.37. The van der Waals surface area contributed by atoms with Crippen LogP contribution in [0.3, 0.4) is 0 Å². The van der Waals surface area contributed by atoms with Gasteiger partial charge < -0.3 is 10.6 Å². The Kier molecular flexibility index (Phi) is 4.86. The first-order valence-electron chi connectivity index (χ1n) is 5.96. The zero-order valence-corrected chi connectivity index (χ0v) is 14.1. The predicted molar refractivity (Wildman–Crippen MR) is 82.0 cm³/mol. The largest absolute Gasteiger partial charge is 0.338 e. The molecule has 18 heavy (non-hydrogen) atoms. The van der Waals surface area contributed by atoms with Crippen molar-refractivity contribution in [3.63, 3.8) is 0 Å². The van der Waals surface area contributed by atoms with Gasteiger partial charge in [-0.15, -0.1) is 11.3 Å². The van der Waals surface area contributed by atoms with E-state index in [2.05, 4.69) is 31.9 Å². The number of rotatable bonds is 2. The number of amides is 1. The summed E-state index contributed by atoms with van der Waals surface area (Å²) < 4.78 is 1.90. The molecular weight excluding hydrogens is 380 g/mol. The average Bonchev–Trinajstić information content (AvgIpc) is 2.69. The van der Waals surface area contributed by atoms with Gasteiger partial charge in [-0.05, 0) is 63.6 Å². The highest BCUT2D eigenvalue weighted by Crippen LogP contribution is 2.33. The first-order chi connectivity index (χ1) is 8.49. The molecule has 2 rings (SSSR count). The second-order valence-electron chi connectivity index (χ2n) is 4.72. The third-order valence-electron chi connectivity index (χ3n) is 3.47. The lowest BCUT2D eigenvalue weighted by Crippen LogP contribution is -2.41. The monoisotopic (exact) mass is 394 g/mol. The van der Waals surface area contributed by atoms with Crippen LogP contribution in [0.15, 0.2) is 14.3 Å². The van der Waals surface area contributed by atoms with Crippen LogP contribution in [-0.4, -0.2) is 29.9 Å². The van der Waals surface area contributed by atoms with Crippen molar-refractivity contribution in [2.75, 3.05) is 7.05 Å². The summed E-state index contributed by atoms with van der Waals surface area (Å²) in [6, 6.07) is 2.52. The lowest BCUT2D eigenvalue weighted by molar-refractivity contribution is 0.0695. The summed E-state index contributed by atoms with van der Waals surface area (Å²) in [4.78, 5) is 15.0. The minimum absolute atomic E-state index is 0.104. The third kappa shape index (κ3) is 3.15. The van der Waals surface area contributed by atoms with E-state index in [4.69, 9.17) is 5.73 Å². The molecular formula is C12H16Br2N2OS. The molecule has 6 heteroatoms. The number of carbonyl (C=O) groups excluding carboxylic acids is 1. The molecule has 1 aromatic rings. The van der Waals surface area contributed by atoms with Crippen molar-refractivity contribution >= 4 is 49.1 Å². The van der Waals surface area contributed by atoms with Crippen LogP contribution in [0, 0.1) is 0 Å². The maximum absolute atomic E-state index is 12.4. The molecule has 1 amide bonds. The number of hydrogen-bond donors (Lipinski definition) is 1. The molecule has 1 fully saturated rings. The van der Waals surface area contributed by atoms with Gasteiger partial charge in [-0.25, -0.2) is 0 Å². The Balaban J connectivity index is 2.04. The molecule has 1 saturated carbocycles. The average molecular weight is 396 g/mol. The Morgan fingerprint density at radius 1 is 1.39 bits per heavy atom. The van der Waals surface area contributed by atoms with Crippen LogP contribution in [0.25, 0.3) is 0 Å². The van der Waals surface area contributed by atoms with Gasteiger partial charge in [0.05, 0.1) is 8.66 Å². The van der Waals surface area contributed by atoms with Gasteiger partial charge in [0.15, 0.2) is 0 Å². The lowest BCUT2D eigenvalue weighted by atomic mass is 9.91. The van der Waals surface area contributed by atoms with Gasteiger partial charge in [-0.3, -0.25) is 4.79 Å². The number of hydrogen-bond acceptors (Lipinski definition) is 3. The zero-order chi connectivity index (χ0) is 13.3. The highest BCUT2D eigenvalue weighted by Gasteiger charge is 2.26. The van der Waals surface area contributed by atoms with E-state index in [1.807, 2.05) is 18.0 Å². The summed E-state index contributed by atoms with van der Waals surface area (Å²) >= 11 is 8.30. The van der Waals surface area contributed by atoms with Crippen molar-refractivity contribution in [1.82, 2.24) is 4.90 Å². The molecule has 1 aromatic heterocycles. The lowest BCUT2D eigenvalue weighted by Gasteiger charge is -2.33. The molecule has 0 saturated heterocycles. The molecule has 0 aromatic carbocycles. The highest BCUT2D eigenvalue weighted by atomic mass is 79.9. The molecule has 0 bridgehead atoms. The molecule has 1 aliphatic rings. The smallest absolute Gasteiger partial charge is 0.263 e. The van der Waals surface area contributed by atoms with Gasteiger partial charge in [-0.2, -0.15) is 0 Å². The van der Waals surface area contributed by atoms with Gasteiger partial charge in [0, 0.05) is 23.6 Å². The molecule has 1 heterocycles. The minimum Gasteiger partial charge on any atom is -0.338 e. The van der Waals surface area contributed by atoms with Gasteiger partial charge in [0.1, 0.15) is 0 Å². The van der Waals surface area contributed by atoms with E-state index in [1.165, 1.54) is 11.3 Å². The Bertz CT molecular complexity index is 422. The first kappa shape index (κ1) is 14.5. The number of thiophene rings is 1. The van der Waals surface area contributed by atoms with Crippen LogP contribution in [-0.2, 0) is 0 Å². The van der Waals surface area contributed by atoms with Crippen LogP contribution in [0.5, 0.6) is 0 Å².